The molecule has 0 radical (unpaired) electrons. The van der Waals surface area contributed by atoms with E-state index in [2.05, 4.69) is 40.9 Å². The van der Waals surface area contributed by atoms with Gasteiger partial charge in [0.2, 0.25) is 0 Å². The molecule has 2 fully saturated rings. The molecule has 3 rings (SSSR count). The monoisotopic (exact) mass is 274 g/mol. The molecule has 0 bridgehead atoms. The molecule has 2 aliphatic rings. The van der Waals surface area contributed by atoms with Crippen molar-refractivity contribution in [2.45, 2.75) is 50.4 Å². The highest BCUT2D eigenvalue weighted by atomic mass is 15.3. The van der Waals surface area contributed by atoms with Crippen molar-refractivity contribution >= 4 is 0 Å². The van der Waals surface area contributed by atoms with Gasteiger partial charge in [-0.15, -0.1) is 0 Å². The van der Waals surface area contributed by atoms with Crippen LogP contribution in [0.4, 0.5) is 0 Å². The van der Waals surface area contributed by atoms with Crippen LogP contribution in [0.15, 0.2) is 24.4 Å². The molecule has 20 heavy (non-hydrogen) atoms. The zero-order valence-electron chi connectivity index (χ0n) is 12.6. The van der Waals surface area contributed by atoms with Gasteiger partial charge in [0.1, 0.15) is 0 Å². The highest BCUT2D eigenvalue weighted by Crippen LogP contribution is 2.39. The van der Waals surface area contributed by atoms with Crippen LogP contribution in [-0.4, -0.2) is 52.5 Å². The van der Waals surface area contributed by atoms with E-state index in [4.69, 9.17) is 5.73 Å². The minimum absolute atomic E-state index is 0.111. The van der Waals surface area contributed by atoms with Crippen LogP contribution in [0.3, 0.4) is 0 Å². The van der Waals surface area contributed by atoms with Crippen molar-refractivity contribution in [1.82, 2.24) is 14.8 Å². The zero-order valence-corrected chi connectivity index (χ0v) is 12.6. The average molecular weight is 274 g/mol. The van der Waals surface area contributed by atoms with E-state index >= 15 is 0 Å². The lowest BCUT2D eigenvalue weighted by Gasteiger charge is -2.38. The molecule has 2 heterocycles. The van der Waals surface area contributed by atoms with Crippen LogP contribution >= 0.6 is 0 Å². The minimum atomic E-state index is 0.111. The van der Waals surface area contributed by atoms with Gasteiger partial charge in [0, 0.05) is 43.5 Å². The fourth-order valence-electron chi connectivity index (χ4n) is 3.61. The van der Waals surface area contributed by atoms with Crippen molar-refractivity contribution in [2.75, 3.05) is 20.1 Å². The maximum Gasteiger partial charge on any atom is 0.0544 e. The number of likely N-dealkylation sites (tertiary alicyclic amines) is 1. The third-order valence-corrected chi connectivity index (χ3v) is 5.05. The zero-order chi connectivity index (χ0) is 14.2. The van der Waals surface area contributed by atoms with Crippen molar-refractivity contribution in [3.05, 3.63) is 30.1 Å². The Balaban J connectivity index is 1.72. The largest absolute Gasteiger partial charge is 0.329 e. The molecule has 0 aromatic carbocycles. The molecule has 110 valence electrons. The molecule has 4 heteroatoms. The van der Waals surface area contributed by atoms with Crippen LogP contribution in [0, 0.1) is 0 Å². The molecule has 2 N–H and O–H groups in total. The van der Waals surface area contributed by atoms with E-state index in [0.29, 0.717) is 6.04 Å². The lowest BCUT2D eigenvalue weighted by molar-refractivity contribution is 0.119. The van der Waals surface area contributed by atoms with E-state index in [0.717, 1.165) is 31.4 Å². The molecule has 2 unspecified atom stereocenters. The maximum atomic E-state index is 6.18. The molecule has 1 aromatic rings. The SMILES string of the molecule is CC1CC(CN)(N(C)Cc2ccccn2)CN1C1CC1. The summed E-state index contributed by atoms with van der Waals surface area (Å²) >= 11 is 0. The number of hydrogen-bond donors (Lipinski definition) is 1. The summed E-state index contributed by atoms with van der Waals surface area (Å²) in [4.78, 5) is 9.54. The summed E-state index contributed by atoms with van der Waals surface area (Å²) in [5.41, 5.74) is 7.42. The van der Waals surface area contributed by atoms with Gasteiger partial charge in [-0.05, 0) is 45.4 Å². The van der Waals surface area contributed by atoms with Gasteiger partial charge < -0.3 is 5.73 Å². The third kappa shape index (κ3) is 2.60. The van der Waals surface area contributed by atoms with Crippen LogP contribution in [0.25, 0.3) is 0 Å². The number of nitrogens with zero attached hydrogens (tertiary/aromatic N) is 3. The van der Waals surface area contributed by atoms with Crippen LogP contribution < -0.4 is 5.73 Å². The van der Waals surface area contributed by atoms with Gasteiger partial charge >= 0.3 is 0 Å². The fraction of sp³-hybridized carbons (Fsp3) is 0.688. The predicted molar refractivity (Wildman–Crippen MR) is 81.3 cm³/mol. The topological polar surface area (TPSA) is 45.4 Å². The summed E-state index contributed by atoms with van der Waals surface area (Å²) in [7, 11) is 2.20. The number of nitrogens with two attached hydrogens (primary N) is 1. The molecule has 4 nitrogen and oxygen atoms in total. The van der Waals surface area contributed by atoms with Gasteiger partial charge in [-0.2, -0.15) is 0 Å². The molecular weight excluding hydrogens is 248 g/mol. The van der Waals surface area contributed by atoms with E-state index in [1.807, 2.05) is 12.3 Å². The Morgan fingerprint density at radius 1 is 1.45 bits per heavy atom. The van der Waals surface area contributed by atoms with Gasteiger partial charge in [-0.3, -0.25) is 14.8 Å². The van der Waals surface area contributed by atoms with Gasteiger partial charge in [0.05, 0.1) is 5.69 Å². The number of rotatable bonds is 5. The first-order chi connectivity index (χ1) is 9.64. The predicted octanol–water partition coefficient (Wildman–Crippen LogP) is 1.47. The third-order valence-electron chi connectivity index (χ3n) is 5.05. The Hall–Kier alpha value is -0.970. The van der Waals surface area contributed by atoms with E-state index in [-0.39, 0.29) is 5.54 Å². The van der Waals surface area contributed by atoms with Crippen molar-refractivity contribution in [2.24, 2.45) is 5.73 Å². The van der Waals surface area contributed by atoms with Gasteiger partial charge in [0.25, 0.3) is 0 Å². The van der Waals surface area contributed by atoms with Crippen LogP contribution in [0.1, 0.15) is 31.9 Å². The van der Waals surface area contributed by atoms with Crippen molar-refractivity contribution in [3.8, 4) is 0 Å². The van der Waals surface area contributed by atoms with E-state index < -0.39 is 0 Å². The van der Waals surface area contributed by atoms with Gasteiger partial charge in [-0.1, -0.05) is 6.07 Å². The smallest absolute Gasteiger partial charge is 0.0544 e. The first-order valence-corrected chi connectivity index (χ1v) is 7.71. The minimum Gasteiger partial charge on any atom is -0.329 e. The van der Waals surface area contributed by atoms with Crippen molar-refractivity contribution < 1.29 is 0 Å². The molecule has 1 saturated carbocycles. The van der Waals surface area contributed by atoms with E-state index in [1.54, 1.807) is 0 Å². The fourth-order valence-corrected chi connectivity index (χ4v) is 3.61. The Labute approximate surface area is 122 Å². The Kier molecular flexibility index (Phi) is 3.80. The highest BCUT2D eigenvalue weighted by molar-refractivity contribution is 5.09. The van der Waals surface area contributed by atoms with Crippen molar-refractivity contribution in [1.29, 1.82) is 0 Å². The normalized spacial score (nSPS) is 31.1. The quantitative estimate of drug-likeness (QED) is 0.883. The van der Waals surface area contributed by atoms with Gasteiger partial charge in [-0.25, -0.2) is 0 Å². The number of likely N-dealkylation sites (N-methyl/N-ethyl adjacent to an activating group) is 1. The van der Waals surface area contributed by atoms with Crippen molar-refractivity contribution in [3.63, 3.8) is 0 Å². The summed E-state index contributed by atoms with van der Waals surface area (Å²) in [6, 6.07) is 7.59. The lowest BCUT2D eigenvalue weighted by atomic mass is 9.94. The van der Waals surface area contributed by atoms with E-state index in [9.17, 15) is 0 Å². The molecule has 1 aliphatic carbocycles. The molecule has 0 spiro atoms. The second kappa shape index (κ2) is 5.43. The second-order valence-corrected chi connectivity index (χ2v) is 6.56. The standard InChI is InChI=1S/C16H26N4/c1-13-9-16(11-17,12-20(13)15-6-7-15)19(2)10-14-5-3-4-8-18-14/h3-5,8,13,15H,6-7,9-12,17H2,1-2H3. The summed E-state index contributed by atoms with van der Waals surface area (Å²) in [6.45, 7) is 5.07. The molecule has 1 saturated heterocycles. The van der Waals surface area contributed by atoms with Crippen LogP contribution in [0.5, 0.6) is 0 Å². The first kappa shape index (κ1) is 14.0. The number of hydrogen-bond acceptors (Lipinski definition) is 4. The Bertz CT molecular complexity index is 445. The Morgan fingerprint density at radius 3 is 2.85 bits per heavy atom. The molecule has 1 aliphatic heterocycles. The molecular formula is C16H26N4. The molecule has 0 amide bonds. The summed E-state index contributed by atoms with van der Waals surface area (Å²) < 4.78 is 0. The highest BCUT2D eigenvalue weighted by Gasteiger charge is 2.48. The summed E-state index contributed by atoms with van der Waals surface area (Å²) in [6.07, 6.45) is 5.78. The maximum absolute atomic E-state index is 6.18. The average Bonchev–Trinajstić information content (AvgIpc) is 3.24. The number of aromatic nitrogens is 1. The first-order valence-electron chi connectivity index (χ1n) is 7.71. The van der Waals surface area contributed by atoms with Crippen LogP contribution in [-0.2, 0) is 6.54 Å². The van der Waals surface area contributed by atoms with Gasteiger partial charge in [0.15, 0.2) is 0 Å². The molecule has 2 atom stereocenters. The van der Waals surface area contributed by atoms with E-state index in [1.165, 1.54) is 19.3 Å². The molecule has 1 aromatic heterocycles. The summed E-state index contributed by atoms with van der Waals surface area (Å²) in [5.74, 6) is 0. The Morgan fingerprint density at radius 2 is 2.25 bits per heavy atom. The summed E-state index contributed by atoms with van der Waals surface area (Å²) in [5, 5.41) is 0. The number of pyridine rings is 1. The van der Waals surface area contributed by atoms with Crippen LogP contribution in [0.2, 0.25) is 0 Å². The lowest BCUT2D eigenvalue weighted by Crippen LogP contribution is -2.53. The second-order valence-electron chi connectivity index (χ2n) is 6.56.